The predicted octanol–water partition coefficient (Wildman–Crippen LogP) is 3.09. The molecule has 0 aliphatic heterocycles. The summed E-state index contributed by atoms with van der Waals surface area (Å²) < 4.78 is 13.6. The number of hydrogen-bond donors (Lipinski definition) is 1. The standard InChI is InChI=1S/C13H15FO2/c1-8-6-7-11(12(14)13(15)16)10-5-3-2-4-9(8)10/h2-5,8,11-12H,6-7H2,1H3,(H,15,16). The van der Waals surface area contributed by atoms with Crippen LogP contribution in [0.1, 0.15) is 42.7 Å². The molecule has 1 aromatic rings. The lowest BCUT2D eigenvalue weighted by Gasteiger charge is -2.30. The number of carboxylic acid groups (broad SMARTS) is 1. The van der Waals surface area contributed by atoms with E-state index in [1.165, 1.54) is 0 Å². The third-order valence-electron chi connectivity index (χ3n) is 3.43. The molecule has 3 heteroatoms. The van der Waals surface area contributed by atoms with Gasteiger partial charge in [-0.1, -0.05) is 31.2 Å². The number of aliphatic carboxylic acids is 1. The van der Waals surface area contributed by atoms with E-state index >= 15 is 0 Å². The van der Waals surface area contributed by atoms with Crippen molar-refractivity contribution in [3.63, 3.8) is 0 Å². The summed E-state index contributed by atoms with van der Waals surface area (Å²) in [5, 5.41) is 8.75. The second-order valence-corrected chi connectivity index (χ2v) is 4.45. The van der Waals surface area contributed by atoms with E-state index in [1.54, 1.807) is 0 Å². The summed E-state index contributed by atoms with van der Waals surface area (Å²) in [6.45, 7) is 2.10. The third-order valence-corrected chi connectivity index (χ3v) is 3.43. The number of carboxylic acids is 1. The lowest BCUT2D eigenvalue weighted by molar-refractivity contribution is -0.143. The van der Waals surface area contributed by atoms with Gasteiger partial charge in [-0.05, 0) is 29.9 Å². The van der Waals surface area contributed by atoms with E-state index < -0.39 is 18.1 Å². The third kappa shape index (κ3) is 1.82. The molecule has 16 heavy (non-hydrogen) atoms. The fourth-order valence-corrected chi connectivity index (χ4v) is 2.51. The predicted molar refractivity (Wildman–Crippen MR) is 59.4 cm³/mol. The Labute approximate surface area is 94.1 Å². The molecule has 1 aliphatic carbocycles. The van der Waals surface area contributed by atoms with Crippen LogP contribution in [-0.2, 0) is 4.79 Å². The van der Waals surface area contributed by atoms with Crippen LogP contribution in [0.3, 0.4) is 0 Å². The topological polar surface area (TPSA) is 37.3 Å². The molecule has 1 aromatic carbocycles. The maximum atomic E-state index is 13.6. The molecule has 0 saturated carbocycles. The highest BCUT2D eigenvalue weighted by atomic mass is 19.1. The number of benzene rings is 1. The van der Waals surface area contributed by atoms with Crippen molar-refractivity contribution in [3.05, 3.63) is 35.4 Å². The normalized spacial score (nSPS) is 25.9. The summed E-state index contributed by atoms with van der Waals surface area (Å²) in [6.07, 6.45) is -0.310. The Balaban J connectivity index is 2.38. The average molecular weight is 222 g/mol. The van der Waals surface area contributed by atoms with Gasteiger partial charge in [0.05, 0.1) is 0 Å². The fourth-order valence-electron chi connectivity index (χ4n) is 2.51. The molecule has 0 fully saturated rings. The van der Waals surface area contributed by atoms with Crippen LogP contribution in [-0.4, -0.2) is 17.2 Å². The molecule has 3 atom stereocenters. The van der Waals surface area contributed by atoms with Crippen molar-refractivity contribution in [2.45, 2.75) is 37.8 Å². The maximum absolute atomic E-state index is 13.6. The highest BCUT2D eigenvalue weighted by Crippen LogP contribution is 2.40. The largest absolute Gasteiger partial charge is 0.479 e. The van der Waals surface area contributed by atoms with Gasteiger partial charge in [-0.15, -0.1) is 0 Å². The van der Waals surface area contributed by atoms with Gasteiger partial charge in [0, 0.05) is 5.92 Å². The van der Waals surface area contributed by atoms with Crippen LogP contribution in [0.5, 0.6) is 0 Å². The second kappa shape index (κ2) is 4.24. The molecule has 0 amide bonds. The second-order valence-electron chi connectivity index (χ2n) is 4.45. The zero-order valence-electron chi connectivity index (χ0n) is 9.19. The van der Waals surface area contributed by atoms with Gasteiger partial charge in [-0.3, -0.25) is 0 Å². The SMILES string of the molecule is CC1CCC(C(F)C(=O)O)c2ccccc21. The molecule has 1 aliphatic rings. The average Bonchev–Trinajstić information content (AvgIpc) is 2.29. The highest BCUT2D eigenvalue weighted by molar-refractivity contribution is 5.74. The first kappa shape index (κ1) is 11.1. The van der Waals surface area contributed by atoms with Crippen molar-refractivity contribution in [3.8, 4) is 0 Å². The van der Waals surface area contributed by atoms with Gasteiger partial charge in [0.15, 0.2) is 0 Å². The van der Waals surface area contributed by atoms with Gasteiger partial charge in [0.2, 0.25) is 6.17 Å². The summed E-state index contributed by atoms with van der Waals surface area (Å²) in [6, 6.07) is 7.59. The molecule has 0 aromatic heterocycles. The Morgan fingerprint density at radius 1 is 1.38 bits per heavy atom. The summed E-state index contributed by atoms with van der Waals surface area (Å²) in [4.78, 5) is 10.7. The maximum Gasteiger partial charge on any atom is 0.338 e. The van der Waals surface area contributed by atoms with E-state index in [4.69, 9.17) is 5.11 Å². The highest BCUT2D eigenvalue weighted by Gasteiger charge is 2.34. The lowest BCUT2D eigenvalue weighted by Crippen LogP contribution is -2.27. The minimum Gasteiger partial charge on any atom is -0.479 e. The van der Waals surface area contributed by atoms with Crippen LogP contribution in [0.4, 0.5) is 4.39 Å². The molecule has 0 heterocycles. The number of rotatable bonds is 2. The zero-order chi connectivity index (χ0) is 11.7. The van der Waals surface area contributed by atoms with Crippen LogP contribution in [0, 0.1) is 0 Å². The van der Waals surface area contributed by atoms with Crippen molar-refractivity contribution >= 4 is 5.97 Å². The van der Waals surface area contributed by atoms with E-state index in [9.17, 15) is 9.18 Å². The van der Waals surface area contributed by atoms with Crippen LogP contribution >= 0.6 is 0 Å². The zero-order valence-corrected chi connectivity index (χ0v) is 9.19. The Hall–Kier alpha value is -1.38. The summed E-state index contributed by atoms with van der Waals surface area (Å²) in [5.41, 5.74) is 1.97. The first-order valence-corrected chi connectivity index (χ1v) is 5.57. The Kier molecular flexibility index (Phi) is 2.95. The molecule has 1 N–H and O–H groups in total. The molecular weight excluding hydrogens is 207 g/mol. The van der Waals surface area contributed by atoms with Gasteiger partial charge in [0.25, 0.3) is 0 Å². The number of hydrogen-bond acceptors (Lipinski definition) is 1. The number of fused-ring (bicyclic) bond motifs is 1. The van der Waals surface area contributed by atoms with Crippen LogP contribution < -0.4 is 0 Å². The molecule has 3 unspecified atom stereocenters. The molecule has 0 saturated heterocycles. The first-order valence-electron chi connectivity index (χ1n) is 5.57. The van der Waals surface area contributed by atoms with Crippen molar-refractivity contribution < 1.29 is 14.3 Å². The number of carbonyl (C=O) groups is 1. The monoisotopic (exact) mass is 222 g/mol. The minimum atomic E-state index is -1.78. The summed E-state index contributed by atoms with van der Waals surface area (Å²) in [7, 11) is 0. The van der Waals surface area contributed by atoms with Gasteiger partial charge >= 0.3 is 5.97 Å². The molecule has 86 valence electrons. The molecular formula is C13H15FO2. The van der Waals surface area contributed by atoms with E-state index in [0.29, 0.717) is 12.3 Å². The number of halogens is 1. The Bertz CT molecular complexity index is 403. The summed E-state index contributed by atoms with van der Waals surface area (Å²) >= 11 is 0. The minimum absolute atomic E-state index is 0.397. The van der Waals surface area contributed by atoms with Gasteiger partial charge in [-0.2, -0.15) is 0 Å². The van der Waals surface area contributed by atoms with Crippen molar-refractivity contribution in [1.29, 1.82) is 0 Å². The summed E-state index contributed by atoms with van der Waals surface area (Å²) in [5.74, 6) is -1.44. The van der Waals surface area contributed by atoms with Gasteiger partial charge in [0.1, 0.15) is 0 Å². The Morgan fingerprint density at radius 2 is 2.00 bits per heavy atom. The van der Waals surface area contributed by atoms with Gasteiger partial charge in [-0.25, -0.2) is 9.18 Å². The molecule has 2 nitrogen and oxygen atoms in total. The van der Waals surface area contributed by atoms with Crippen molar-refractivity contribution in [1.82, 2.24) is 0 Å². The lowest BCUT2D eigenvalue weighted by atomic mass is 9.75. The van der Waals surface area contributed by atoms with Crippen molar-refractivity contribution in [2.24, 2.45) is 0 Å². The number of alkyl halides is 1. The van der Waals surface area contributed by atoms with E-state index in [2.05, 4.69) is 6.92 Å². The molecule has 0 spiro atoms. The van der Waals surface area contributed by atoms with E-state index in [1.807, 2.05) is 24.3 Å². The smallest absolute Gasteiger partial charge is 0.338 e. The van der Waals surface area contributed by atoms with E-state index in [0.717, 1.165) is 17.5 Å². The molecule has 0 radical (unpaired) electrons. The first-order chi connectivity index (χ1) is 7.61. The van der Waals surface area contributed by atoms with Gasteiger partial charge < -0.3 is 5.11 Å². The van der Waals surface area contributed by atoms with E-state index in [-0.39, 0.29) is 0 Å². The molecule has 0 bridgehead atoms. The quantitative estimate of drug-likeness (QED) is 0.834. The molecule has 2 rings (SSSR count). The van der Waals surface area contributed by atoms with Crippen molar-refractivity contribution in [2.75, 3.05) is 0 Å². The Morgan fingerprint density at radius 3 is 2.62 bits per heavy atom. The van der Waals surface area contributed by atoms with Crippen LogP contribution in [0.15, 0.2) is 24.3 Å². The fraction of sp³-hybridized carbons (Fsp3) is 0.462. The van der Waals surface area contributed by atoms with Crippen LogP contribution in [0.25, 0.3) is 0 Å². The van der Waals surface area contributed by atoms with Crippen LogP contribution in [0.2, 0.25) is 0 Å².